The average Bonchev–Trinajstić information content (AvgIpc) is 2.83. The van der Waals surface area contributed by atoms with E-state index in [4.69, 9.17) is 14.2 Å². The zero-order valence-electron chi connectivity index (χ0n) is 25.0. The van der Waals surface area contributed by atoms with E-state index in [2.05, 4.69) is 28.1 Å². The van der Waals surface area contributed by atoms with E-state index in [1.165, 1.54) is 109 Å². The summed E-state index contributed by atoms with van der Waals surface area (Å²) in [5.74, 6) is -0.0928. The Morgan fingerprint density at radius 1 is 0.500 bits per heavy atom. The summed E-state index contributed by atoms with van der Waals surface area (Å²) in [5.41, 5.74) is 0. The monoisotopic (exact) mass is 514 g/mol. The van der Waals surface area contributed by atoms with Gasteiger partial charge in [0.1, 0.15) is 13.2 Å². The molecule has 0 spiro atoms. The third-order valence-electron chi connectivity index (χ3n) is 6.75. The molecule has 0 aliphatic rings. The number of hydrogen-bond donors (Lipinski definition) is 0. The Morgan fingerprint density at radius 3 is 1.28 bits per heavy atom. The third kappa shape index (κ3) is 31.4. The van der Waals surface area contributed by atoms with Gasteiger partial charge in [0, 0.05) is 6.42 Å². The fraction of sp³-hybridized carbons (Fsp3) is 0.968. The Bertz CT molecular complexity index is 450. The molecular formula is C31H64NO4+. The topological polar surface area (TPSA) is 44.8 Å². The Balaban J connectivity index is 3.16. The van der Waals surface area contributed by atoms with Crippen molar-refractivity contribution in [3.8, 4) is 0 Å². The van der Waals surface area contributed by atoms with Gasteiger partial charge in [0.25, 0.3) is 0 Å². The fourth-order valence-electron chi connectivity index (χ4n) is 4.29. The highest BCUT2D eigenvalue weighted by Gasteiger charge is 2.06. The number of hydrogen-bond acceptors (Lipinski definition) is 4. The molecule has 0 unspecified atom stereocenters. The van der Waals surface area contributed by atoms with Crippen LogP contribution >= 0.6 is 0 Å². The third-order valence-corrected chi connectivity index (χ3v) is 6.75. The maximum atomic E-state index is 11.8. The Kier molecular flexibility index (Phi) is 26.9. The number of quaternary nitrogens is 1. The first-order chi connectivity index (χ1) is 17.5. The molecule has 216 valence electrons. The van der Waals surface area contributed by atoms with Crippen LogP contribution in [0, 0.1) is 0 Å². The van der Waals surface area contributed by atoms with Crippen LogP contribution in [0.25, 0.3) is 0 Å². The summed E-state index contributed by atoms with van der Waals surface area (Å²) in [5, 5.41) is 0. The summed E-state index contributed by atoms with van der Waals surface area (Å²) in [6.45, 7) is 5.94. The summed E-state index contributed by atoms with van der Waals surface area (Å²) in [6.07, 6.45) is 26.4. The van der Waals surface area contributed by atoms with Crippen LogP contribution in [0.5, 0.6) is 0 Å². The van der Waals surface area contributed by atoms with Crippen molar-refractivity contribution in [2.45, 2.75) is 135 Å². The second kappa shape index (κ2) is 27.4. The van der Waals surface area contributed by atoms with Gasteiger partial charge in [0.15, 0.2) is 0 Å². The number of carbonyl (C=O) groups is 1. The number of unbranched alkanes of at least 4 members (excludes halogenated alkanes) is 18. The van der Waals surface area contributed by atoms with E-state index in [0.717, 1.165) is 30.5 Å². The minimum atomic E-state index is -0.0928. The Morgan fingerprint density at radius 2 is 0.861 bits per heavy atom. The lowest BCUT2D eigenvalue weighted by atomic mass is 10.0. The SMILES string of the molecule is CCCCCCCCCCCCCCCCCCCCCC(=O)OCCOCCOCC[N+](C)(C)C. The second-order valence-electron chi connectivity index (χ2n) is 11.6. The number of ether oxygens (including phenoxy) is 3. The molecule has 0 aromatic heterocycles. The lowest BCUT2D eigenvalue weighted by Crippen LogP contribution is -2.37. The van der Waals surface area contributed by atoms with Crippen LogP contribution in [-0.4, -0.2) is 71.2 Å². The fourth-order valence-corrected chi connectivity index (χ4v) is 4.29. The van der Waals surface area contributed by atoms with Gasteiger partial charge in [0.2, 0.25) is 0 Å². The predicted molar refractivity (Wildman–Crippen MR) is 154 cm³/mol. The molecule has 36 heavy (non-hydrogen) atoms. The molecule has 0 heterocycles. The molecule has 5 nitrogen and oxygen atoms in total. The van der Waals surface area contributed by atoms with Crippen LogP contribution in [-0.2, 0) is 19.0 Å². The molecule has 0 saturated heterocycles. The molecule has 0 saturated carbocycles. The zero-order valence-corrected chi connectivity index (χ0v) is 25.0. The largest absolute Gasteiger partial charge is 0.463 e. The van der Waals surface area contributed by atoms with Crippen molar-refractivity contribution in [1.29, 1.82) is 0 Å². The highest BCUT2D eigenvalue weighted by molar-refractivity contribution is 5.69. The minimum absolute atomic E-state index is 0.0928. The first-order valence-corrected chi connectivity index (χ1v) is 15.6. The quantitative estimate of drug-likeness (QED) is 0.0575. The molecule has 0 fully saturated rings. The highest BCUT2D eigenvalue weighted by atomic mass is 16.6. The number of likely N-dealkylation sites (N-methyl/N-ethyl adjacent to an activating group) is 1. The molecule has 0 rings (SSSR count). The van der Waals surface area contributed by atoms with Crippen molar-refractivity contribution < 1.29 is 23.5 Å². The lowest BCUT2D eigenvalue weighted by molar-refractivity contribution is -0.870. The number of carbonyl (C=O) groups excluding carboxylic acids is 1. The second-order valence-corrected chi connectivity index (χ2v) is 11.6. The van der Waals surface area contributed by atoms with Crippen molar-refractivity contribution in [2.75, 3.05) is 60.7 Å². The van der Waals surface area contributed by atoms with E-state index in [0.29, 0.717) is 32.8 Å². The van der Waals surface area contributed by atoms with Crippen molar-refractivity contribution in [3.63, 3.8) is 0 Å². The molecule has 0 aliphatic carbocycles. The first kappa shape index (κ1) is 35.4. The van der Waals surface area contributed by atoms with E-state index in [9.17, 15) is 4.79 Å². The average molecular weight is 515 g/mol. The van der Waals surface area contributed by atoms with Gasteiger partial charge < -0.3 is 18.7 Å². The van der Waals surface area contributed by atoms with E-state index in [-0.39, 0.29) is 5.97 Å². The van der Waals surface area contributed by atoms with Crippen LogP contribution < -0.4 is 0 Å². The van der Waals surface area contributed by atoms with Gasteiger partial charge in [-0.15, -0.1) is 0 Å². The molecule has 0 aromatic carbocycles. The van der Waals surface area contributed by atoms with Crippen LogP contribution in [0.4, 0.5) is 0 Å². The van der Waals surface area contributed by atoms with Crippen LogP contribution in [0.3, 0.4) is 0 Å². The molecule has 0 aliphatic heterocycles. The summed E-state index contributed by atoms with van der Waals surface area (Å²) in [4.78, 5) is 11.8. The molecule has 0 amide bonds. The lowest BCUT2D eigenvalue weighted by Gasteiger charge is -2.23. The summed E-state index contributed by atoms with van der Waals surface area (Å²) >= 11 is 0. The molecule has 0 atom stereocenters. The van der Waals surface area contributed by atoms with E-state index in [1.807, 2.05) is 0 Å². The summed E-state index contributed by atoms with van der Waals surface area (Å²) < 4.78 is 17.1. The number of esters is 1. The molecule has 0 bridgehead atoms. The smallest absolute Gasteiger partial charge is 0.305 e. The molecular weight excluding hydrogens is 450 g/mol. The Hall–Kier alpha value is -0.650. The van der Waals surface area contributed by atoms with Gasteiger partial charge in [-0.25, -0.2) is 0 Å². The van der Waals surface area contributed by atoms with Gasteiger partial charge in [-0.3, -0.25) is 4.79 Å². The first-order valence-electron chi connectivity index (χ1n) is 15.6. The predicted octanol–water partition coefficient (Wildman–Crippen LogP) is 8.09. The maximum absolute atomic E-state index is 11.8. The van der Waals surface area contributed by atoms with Crippen LogP contribution in [0.15, 0.2) is 0 Å². The van der Waals surface area contributed by atoms with Gasteiger partial charge >= 0.3 is 5.97 Å². The zero-order chi connectivity index (χ0) is 26.6. The van der Waals surface area contributed by atoms with Gasteiger partial charge in [-0.05, 0) is 6.42 Å². The molecule has 5 heteroatoms. The van der Waals surface area contributed by atoms with Crippen molar-refractivity contribution in [1.82, 2.24) is 0 Å². The van der Waals surface area contributed by atoms with Crippen LogP contribution in [0.1, 0.15) is 135 Å². The maximum Gasteiger partial charge on any atom is 0.305 e. The van der Waals surface area contributed by atoms with E-state index < -0.39 is 0 Å². The number of nitrogens with zero attached hydrogens (tertiary/aromatic N) is 1. The minimum Gasteiger partial charge on any atom is -0.463 e. The molecule has 0 aromatic rings. The summed E-state index contributed by atoms with van der Waals surface area (Å²) in [6, 6.07) is 0. The Labute approximate surface area is 225 Å². The van der Waals surface area contributed by atoms with Gasteiger partial charge in [-0.2, -0.15) is 0 Å². The normalized spacial score (nSPS) is 11.8. The highest BCUT2D eigenvalue weighted by Crippen LogP contribution is 2.14. The molecule has 0 radical (unpaired) electrons. The number of rotatable bonds is 29. The standard InChI is InChI=1S/C31H64NO4/c1-5-6-7-8-9-10-11-12-13-14-15-16-17-18-19-20-21-22-23-24-31(33)36-30-29-35-28-27-34-26-25-32(2,3)4/h5-30H2,1-4H3/q+1. The van der Waals surface area contributed by atoms with Gasteiger partial charge in [-0.1, -0.05) is 122 Å². The van der Waals surface area contributed by atoms with Crippen molar-refractivity contribution in [3.05, 3.63) is 0 Å². The summed E-state index contributed by atoms with van der Waals surface area (Å²) in [7, 11) is 6.45. The van der Waals surface area contributed by atoms with Crippen LogP contribution in [0.2, 0.25) is 0 Å². The van der Waals surface area contributed by atoms with E-state index in [1.54, 1.807) is 0 Å². The van der Waals surface area contributed by atoms with Crippen molar-refractivity contribution in [2.24, 2.45) is 0 Å². The molecule has 0 N–H and O–H groups in total. The van der Waals surface area contributed by atoms with Gasteiger partial charge in [0.05, 0.1) is 47.6 Å². The van der Waals surface area contributed by atoms with E-state index >= 15 is 0 Å². The van der Waals surface area contributed by atoms with Crippen molar-refractivity contribution >= 4 is 5.97 Å².